The molecular formula is C22H24O5. The largest absolute Gasteiger partial charge is 0.497 e. The Morgan fingerprint density at radius 1 is 1.04 bits per heavy atom. The summed E-state index contributed by atoms with van der Waals surface area (Å²) >= 11 is 0. The Morgan fingerprint density at radius 2 is 1.81 bits per heavy atom. The van der Waals surface area contributed by atoms with Gasteiger partial charge in [-0.3, -0.25) is 4.79 Å². The minimum Gasteiger partial charge on any atom is -0.497 e. The van der Waals surface area contributed by atoms with Gasteiger partial charge in [-0.05, 0) is 48.7 Å². The van der Waals surface area contributed by atoms with E-state index >= 15 is 0 Å². The summed E-state index contributed by atoms with van der Waals surface area (Å²) in [6, 6.07) is 12.7. The molecule has 0 aliphatic carbocycles. The molecule has 1 aliphatic heterocycles. The second-order valence-corrected chi connectivity index (χ2v) is 6.25. The topological polar surface area (TPSA) is 54.0 Å². The van der Waals surface area contributed by atoms with Crippen molar-refractivity contribution >= 4 is 11.9 Å². The number of allylic oxidation sites excluding steroid dienone is 1. The Morgan fingerprint density at radius 3 is 2.48 bits per heavy atom. The highest BCUT2D eigenvalue weighted by Crippen LogP contribution is 2.25. The minimum atomic E-state index is -0.163. The van der Waals surface area contributed by atoms with Crippen LogP contribution in [0.4, 0.5) is 0 Å². The van der Waals surface area contributed by atoms with E-state index in [1.807, 2.05) is 24.3 Å². The molecule has 0 N–H and O–H groups in total. The third-order valence-corrected chi connectivity index (χ3v) is 4.39. The zero-order chi connectivity index (χ0) is 19.1. The normalized spacial score (nSPS) is 16.9. The molecule has 1 unspecified atom stereocenters. The van der Waals surface area contributed by atoms with Gasteiger partial charge in [0.2, 0.25) is 0 Å². The van der Waals surface area contributed by atoms with Gasteiger partial charge in [-0.1, -0.05) is 18.2 Å². The van der Waals surface area contributed by atoms with Crippen LogP contribution in [-0.4, -0.2) is 32.9 Å². The van der Waals surface area contributed by atoms with E-state index in [4.69, 9.17) is 18.9 Å². The van der Waals surface area contributed by atoms with Crippen molar-refractivity contribution in [2.24, 2.45) is 0 Å². The molecule has 5 nitrogen and oxygen atoms in total. The molecule has 3 rings (SSSR count). The Balaban J connectivity index is 1.64. The van der Waals surface area contributed by atoms with Gasteiger partial charge >= 0.3 is 0 Å². The van der Waals surface area contributed by atoms with Gasteiger partial charge in [0.1, 0.15) is 17.2 Å². The quantitative estimate of drug-likeness (QED) is 0.532. The van der Waals surface area contributed by atoms with Gasteiger partial charge in [0.25, 0.3) is 0 Å². The third kappa shape index (κ3) is 5.11. The highest BCUT2D eigenvalue weighted by molar-refractivity contribution is 6.08. The first-order valence-electron chi connectivity index (χ1n) is 9.02. The van der Waals surface area contributed by atoms with Gasteiger partial charge in [-0.15, -0.1) is 0 Å². The molecule has 1 atom stereocenters. The van der Waals surface area contributed by atoms with E-state index < -0.39 is 0 Å². The number of hydrogen-bond donors (Lipinski definition) is 0. The van der Waals surface area contributed by atoms with Gasteiger partial charge in [-0.2, -0.15) is 0 Å². The lowest BCUT2D eigenvalue weighted by Crippen LogP contribution is -2.24. The van der Waals surface area contributed by atoms with Crippen LogP contribution in [0.3, 0.4) is 0 Å². The second-order valence-electron chi connectivity index (χ2n) is 6.25. The summed E-state index contributed by atoms with van der Waals surface area (Å²) in [5, 5.41) is 0. The van der Waals surface area contributed by atoms with E-state index in [2.05, 4.69) is 0 Å². The van der Waals surface area contributed by atoms with Crippen molar-refractivity contribution < 1.29 is 23.7 Å². The predicted molar refractivity (Wildman–Crippen MR) is 104 cm³/mol. The molecule has 2 aromatic carbocycles. The van der Waals surface area contributed by atoms with Crippen molar-refractivity contribution in [3.8, 4) is 17.2 Å². The fourth-order valence-corrected chi connectivity index (χ4v) is 2.88. The first-order valence-corrected chi connectivity index (χ1v) is 9.02. The maximum Gasteiger partial charge on any atom is 0.199 e. The Hall–Kier alpha value is -2.79. The van der Waals surface area contributed by atoms with Crippen molar-refractivity contribution in [3.05, 3.63) is 59.7 Å². The van der Waals surface area contributed by atoms with Crippen LogP contribution in [0.25, 0.3) is 6.08 Å². The van der Waals surface area contributed by atoms with Crippen LogP contribution in [0.2, 0.25) is 0 Å². The second kappa shape index (κ2) is 9.24. The molecule has 0 radical (unpaired) electrons. The van der Waals surface area contributed by atoms with Crippen molar-refractivity contribution in [3.63, 3.8) is 0 Å². The molecule has 0 aromatic heterocycles. The summed E-state index contributed by atoms with van der Waals surface area (Å²) in [5.41, 5.74) is 1.40. The number of ketones is 1. The molecule has 1 fully saturated rings. The Kier molecular flexibility index (Phi) is 6.49. The summed E-state index contributed by atoms with van der Waals surface area (Å²) in [7, 11) is 3.11. The fourth-order valence-electron chi connectivity index (χ4n) is 2.88. The van der Waals surface area contributed by atoms with Crippen LogP contribution in [-0.2, 0) is 4.74 Å². The van der Waals surface area contributed by atoms with Crippen molar-refractivity contribution in [1.29, 1.82) is 0 Å². The molecule has 1 aliphatic rings. The maximum atomic E-state index is 12.5. The molecule has 27 heavy (non-hydrogen) atoms. The van der Waals surface area contributed by atoms with E-state index in [0.29, 0.717) is 17.1 Å². The standard InChI is InChI=1S/C22H24O5/c1-24-18-11-12-19(21(15-18)25-2)20(23)13-8-16-6-9-17(10-7-16)27-22-5-3-4-14-26-22/h6-13,15,22H,3-5,14H2,1-2H3/b13-8+. The summed E-state index contributed by atoms with van der Waals surface area (Å²) in [5.74, 6) is 1.76. The van der Waals surface area contributed by atoms with Crippen molar-refractivity contribution in [2.45, 2.75) is 25.6 Å². The van der Waals surface area contributed by atoms with Crippen LogP contribution < -0.4 is 14.2 Å². The molecular weight excluding hydrogens is 344 g/mol. The van der Waals surface area contributed by atoms with Crippen molar-refractivity contribution in [1.82, 2.24) is 0 Å². The maximum absolute atomic E-state index is 12.5. The van der Waals surface area contributed by atoms with E-state index in [1.54, 1.807) is 31.4 Å². The molecule has 142 valence electrons. The van der Waals surface area contributed by atoms with E-state index in [1.165, 1.54) is 13.2 Å². The molecule has 0 saturated carbocycles. The van der Waals surface area contributed by atoms with E-state index in [0.717, 1.165) is 37.2 Å². The van der Waals surface area contributed by atoms with Gasteiger partial charge in [0, 0.05) is 12.5 Å². The Bertz CT molecular complexity index is 789. The SMILES string of the molecule is COc1ccc(C(=O)/C=C/c2ccc(OC3CCCCO3)cc2)c(OC)c1. The van der Waals surface area contributed by atoms with Crippen LogP contribution in [0.5, 0.6) is 17.2 Å². The molecule has 2 aromatic rings. The highest BCUT2D eigenvalue weighted by atomic mass is 16.7. The summed E-state index contributed by atoms with van der Waals surface area (Å²) in [6.45, 7) is 0.752. The third-order valence-electron chi connectivity index (χ3n) is 4.39. The summed E-state index contributed by atoms with van der Waals surface area (Å²) in [6.07, 6.45) is 6.28. The number of carbonyl (C=O) groups is 1. The Labute approximate surface area is 159 Å². The monoisotopic (exact) mass is 368 g/mol. The van der Waals surface area contributed by atoms with Gasteiger partial charge < -0.3 is 18.9 Å². The lowest BCUT2D eigenvalue weighted by molar-refractivity contribution is -0.105. The lowest BCUT2D eigenvalue weighted by atomic mass is 10.1. The van der Waals surface area contributed by atoms with Gasteiger partial charge in [-0.25, -0.2) is 0 Å². The average Bonchev–Trinajstić information content (AvgIpc) is 2.73. The summed E-state index contributed by atoms with van der Waals surface area (Å²) < 4.78 is 21.8. The van der Waals surface area contributed by atoms with Gasteiger partial charge in [0.05, 0.1) is 26.4 Å². The molecule has 0 amide bonds. The molecule has 1 heterocycles. The van der Waals surface area contributed by atoms with Crippen LogP contribution in [0.15, 0.2) is 48.5 Å². The number of methoxy groups -OCH3 is 2. The number of rotatable bonds is 7. The molecule has 5 heteroatoms. The zero-order valence-electron chi connectivity index (χ0n) is 15.6. The van der Waals surface area contributed by atoms with Gasteiger partial charge in [0.15, 0.2) is 12.1 Å². The average molecular weight is 368 g/mol. The number of ether oxygens (including phenoxy) is 4. The van der Waals surface area contributed by atoms with E-state index in [-0.39, 0.29) is 12.1 Å². The smallest absolute Gasteiger partial charge is 0.199 e. The van der Waals surface area contributed by atoms with Crippen LogP contribution in [0, 0.1) is 0 Å². The molecule has 1 saturated heterocycles. The van der Waals surface area contributed by atoms with E-state index in [9.17, 15) is 4.79 Å². The highest BCUT2D eigenvalue weighted by Gasteiger charge is 2.15. The van der Waals surface area contributed by atoms with Crippen LogP contribution in [0.1, 0.15) is 35.2 Å². The predicted octanol–water partition coefficient (Wildman–Crippen LogP) is 4.51. The minimum absolute atomic E-state index is 0.134. The first-order chi connectivity index (χ1) is 13.2. The molecule has 0 spiro atoms. The number of hydrogen-bond acceptors (Lipinski definition) is 5. The van der Waals surface area contributed by atoms with Crippen molar-refractivity contribution in [2.75, 3.05) is 20.8 Å². The number of benzene rings is 2. The number of carbonyl (C=O) groups excluding carboxylic acids is 1. The molecule has 0 bridgehead atoms. The lowest BCUT2D eigenvalue weighted by Gasteiger charge is -2.23. The summed E-state index contributed by atoms with van der Waals surface area (Å²) in [4.78, 5) is 12.5. The fraction of sp³-hybridized carbons (Fsp3) is 0.318. The van der Waals surface area contributed by atoms with Crippen LogP contribution >= 0.6 is 0 Å². The first kappa shape index (κ1) is 19.0. The zero-order valence-corrected chi connectivity index (χ0v) is 15.6.